The molecule has 0 atom stereocenters. The Bertz CT molecular complexity index is 852. The van der Waals surface area contributed by atoms with Gasteiger partial charge in [-0.2, -0.15) is 0 Å². The molecule has 0 aliphatic heterocycles. The molecule has 2 aromatic carbocycles. The Kier molecular flexibility index (Phi) is 4.00. The molecule has 2 rings (SSSR count). The quantitative estimate of drug-likeness (QED) is 0.663. The van der Waals surface area contributed by atoms with Gasteiger partial charge in [0.05, 0.1) is 15.5 Å². The zero-order chi connectivity index (χ0) is 16.5. The van der Waals surface area contributed by atoms with E-state index >= 15 is 0 Å². The van der Waals surface area contributed by atoms with Crippen LogP contribution in [0.4, 0.5) is 15.8 Å². The number of phenols is 1. The third-order valence-electron chi connectivity index (χ3n) is 2.89. The SMILES string of the molecule is Cc1cc(F)ccc1NS(=O)(=O)c1ccc(O)c([N+](=O)[O-])c1. The van der Waals surface area contributed by atoms with Crippen LogP contribution in [0.5, 0.6) is 5.75 Å². The second-order valence-electron chi connectivity index (χ2n) is 4.47. The van der Waals surface area contributed by atoms with E-state index in [2.05, 4.69) is 4.72 Å². The average Bonchev–Trinajstić information content (AvgIpc) is 2.42. The van der Waals surface area contributed by atoms with Crippen LogP contribution in [0, 0.1) is 22.9 Å². The number of nitro benzene ring substituents is 1. The summed E-state index contributed by atoms with van der Waals surface area (Å²) in [7, 11) is -4.11. The summed E-state index contributed by atoms with van der Waals surface area (Å²) < 4.78 is 39.7. The molecule has 0 saturated carbocycles. The lowest BCUT2D eigenvalue weighted by atomic mass is 10.2. The van der Waals surface area contributed by atoms with Crippen molar-refractivity contribution in [1.29, 1.82) is 0 Å². The molecule has 0 spiro atoms. The topological polar surface area (TPSA) is 110 Å². The summed E-state index contributed by atoms with van der Waals surface area (Å²) in [5.41, 5.74) is -0.215. The molecule has 0 bridgehead atoms. The Morgan fingerprint density at radius 2 is 1.91 bits per heavy atom. The van der Waals surface area contributed by atoms with E-state index < -0.39 is 32.2 Å². The van der Waals surface area contributed by atoms with Gasteiger partial charge < -0.3 is 5.11 Å². The molecule has 0 aromatic heterocycles. The van der Waals surface area contributed by atoms with Crippen LogP contribution >= 0.6 is 0 Å². The highest BCUT2D eigenvalue weighted by molar-refractivity contribution is 7.92. The number of nitrogens with zero attached hydrogens (tertiary/aromatic N) is 1. The van der Waals surface area contributed by atoms with Gasteiger partial charge in [0.15, 0.2) is 5.75 Å². The van der Waals surface area contributed by atoms with Crippen molar-refractivity contribution in [3.05, 3.63) is 57.9 Å². The number of nitrogens with one attached hydrogen (secondary N) is 1. The molecule has 0 heterocycles. The molecule has 116 valence electrons. The molecular formula is C13H11FN2O5S. The number of sulfonamides is 1. The fourth-order valence-corrected chi connectivity index (χ4v) is 2.91. The molecule has 0 unspecified atom stereocenters. The molecule has 2 N–H and O–H groups in total. The zero-order valence-corrected chi connectivity index (χ0v) is 12.1. The Morgan fingerprint density at radius 1 is 1.23 bits per heavy atom. The van der Waals surface area contributed by atoms with Crippen LogP contribution in [-0.2, 0) is 10.0 Å². The minimum absolute atomic E-state index is 0.150. The van der Waals surface area contributed by atoms with Crippen molar-refractivity contribution in [2.45, 2.75) is 11.8 Å². The maximum atomic E-state index is 13.0. The molecule has 0 amide bonds. The van der Waals surface area contributed by atoms with E-state index in [1.54, 1.807) is 0 Å². The van der Waals surface area contributed by atoms with Gasteiger partial charge in [-0.25, -0.2) is 12.8 Å². The number of rotatable bonds is 4. The van der Waals surface area contributed by atoms with E-state index in [0.29, 0.717) is 5.56 Å². The van der Waals surface area contributed by atoms with Gasteiger partial charge in [0.1, 0.15) is 5.82 Å². The number of benzene rings is 2. The number of nitro groups is 1. The minimum atomic E-state index is -4.11. The lowest BCUT2D eigenvalue weighted by Gasteiger charge is -2.10. The van der Waals surface area contributed by atoms with Crippen LogP contribution < -0.4 is 4.72 Å². The fourth-order valence-electron chi connectivity index (χ4n) is 1.76. The average molecular weight is 326 g/mol. The molecule has 0 fully saturated rings. The van der Waals surface area contributed by atoms with Gasteiger partial charge in [-0.05, 0) is 42.8 Å². The van der Waals surface area contributed by atoms with Gasteiger partial charge in [0.2, 0.25) is 0 Å². The van der Waals surface area contributed by atoms with E-state index in [4.69, 9.17) is 0 Å². The number of hydrogen-bond donors (Lipinski definition) is 2. The predicted molar refractivity (Wildman–Crippen MR) is 76.7 cm³/mol. The molecule has 0 aliphatic carbocycles. The first-order valence-electron chi connectivity index (χ1n) is 5.97. The monoisotopic (exact) mass is 326 g/mol. The molecule has 0 saturated heterocycles. The summed E-state index contributed by atoms with van der Waals surface area (Å²) in [4.78, 5) is 9.46. The van der Waals surface area contributed by atoms with Gasteiger partial charge in [0.25, 0.3) is 10.0 Å². The van der Waals surface area contributed by atoms with Crippen LogP contribution in [0.3, 0.4) is 0 Å². The predicted octanol–water partition coefficient (Wildman–Crippen LogP) is 2.55. The van der Waals surface area contributed by atoms with Crippen LogP contribution in [0.25, 0.3) is 0 Å². The van der Waals surface area contributed by atoms with Crippen molar-refractivity contribution in [3.8, 4) is 5.75 Å². The first-order chi connectivity index (χ1) is 10.2. The summed E-state index contributed by atoms with van der Waals surface area (Å²) in [5.74, 6) is -1.15. The van der Waals surface area contributed by atoms with Gasteiger partial charge >= 0.3 is 5.69 Å². The van der Waals surface area contributed by atoms with Gasteiger partial charge in [-0.1, -0.05) is 0 Å². The van der Waals surface area contributed by atoms with Crippen LogP contribution in [0.1, 0.15) is 5.56 Å². The van der Waals surface area contributed by atoms with E-state index in [-0.39, 0.29) is 10.6 Å². The van der Waals surface area contributed by atoms with Crippen LogP contribution in [0.2, 0.25) is 0 Å². The van der Waals surface area contributed by atoms with Crippen molar-refractivity contribution in [2.24, 2.45) is 0 Å². The highest BCUT2D eigenvalue weighted by Crippen LogP contribution is 2.29. The van der Waals surface area contributed by atoms with E-state index in [0.717, 1.165) is 30.3 Å². The highest BCUT2D eigenvalue weighted by Gasteiger charge is 2.21. The Balaban J connectivity index is 2.42. The molecular weight excluding hydrogens is 315 g/mol. The fraction of sp³-hybridized carbons (Fsp3) is 0.0769. The largest absolute Gasteiger partial charge is 0.502 e. The lowest BCUT2D eigenvalue weighted by Crippen LogP contribution is -2.14. The molecule has 0 radical (unpaired) electrons. The second kappa shape index (κ2) is 5.60. The number of aromatic hydroxyl groups is 1. The van der Waals surface area contributed by atoms with Crippen LogP contribution in [0.15, 0.2) is 41.3 Å². The zero-order valence-electron chi connectivity index (χ0n) is 11.3. The summed E-state index contributed by atoms with van der Waals surface area (Å²) in [6.45, 7) is 1.51. The summed E-state index contributed by atoms with van der Waals surface area (Å²) >= 11 is 0. The summed E-state index contributed by atoms with van der Waals surface area (Å²) in [5, 5.41) is 20.1. The van der Waals surface area contributed by atoms with E-state index in [1.807, 2.05) is 0 Å². The second-order valence-corrected chi connectivity index (χ2v) is 6.15. The third kappa shape index (κ3) is 3.14. The van der Waals surface area contributed by atoms with Gasteiger partial charge in [-0.3, -0.25) is 14.8 Å². The normalized spacial score (nSPS) is 11.2. The first kappa shape index (κ1) is 15.7. The van der Waals surface area contributed by atoms with Crippen molar-refractivity contribution in [2.75, 3.05) is 4.72 Å². The summed E-state index contributed by atoms with van der Waals surface area (Å²) in [6.07, 6.45) is 0. The van der Waals surface area contributed by atoms with Crippen molar-refractivity contribution < 1.29 is 22.8 Å². The summed E-state index contributed by atoms with van der Waals surface area (Å²) in [6, 6.07) is 6.18. The number of aryl methyl sites for hydroxylation is 1. The first-order valence-corrected chi connectivity index (χ1v) is 7.45. The highest BCUT2D eigenvalue weighted by atomic mass is 32.2. The molecule has 0 aliphatic rings. The standard InChI is InChI=1S/C13H11FN2O5S/c1-8-6-9(14)2-4-11(8)15-22(20,21)10-3-5-13(17)12(7-10)16(18)19/h2-7,15,17H,1H3. The van der Waals surface area contributed by atoms with E-state index in [9.17, 15) is 28.0 Å². The van der Waals surface area contributed by atoms with Gasteiger partial charge in [-0.15, -0.1) is 0 Å². The number of halogens is 1. The molecule has 22 heavy (non-hydrogen) atoms. The minimum Gasteiger partial charge on any atom is -0.502 e. The third-order valence-corrected chi connectivity index (χ3v) is 4.25. The smallest absolute Gasteiger partial charge is 0.312 e. The van der Waals surface area contributed by atoms with Crippen molar-refractivity contribution in [3.63, 3.8) is 0 Å². The maximum absolute atomic E-state index is 13.0. The molecule has 9 heteroatoms. The van der Waals surface area contributed by atoms with Crippen molar-refractivity contribution in [1.82, 2.24) is 0 Å². The van der Waals surface area contributed by atoms with E-state index in [1.165, 1.54) is 13.0 Å². The Labute approximate surface area is 125 Å². The van der Waals surface area contributed by atoms with Gasteiger partial charge in [0, 0.05) is 6.07 Å². The Morgan fingerprint density at radius 3 is 2.50 bits per heavy atom. The number of hydrogen-bond acceptors (Lipinski definition) is 5. The molecule has 7 nitrogen and oxygen atoms in total. The van der Waals surface area contributed by atoms with Crippen molar-refractivity contribution >= 4 is 21.4 Å². The molecule has 2 aromatic rings. The maximum Gasteiger partial charge on any atom is 0.312 e. The van der Waals surface area contributed by atoms with Crippen LogP contribution in [-0.4, -0.2) is 18.4 Å². The number of anilines is 1. The lowest BCUT2D eigenvalue weighted by molar-refractivity contribution is -0.386. The number of phenolic OH excluding ortho intramolecular Hbond substituents is 1. The Hall–Kier alpha value is -2.68.